The van der Waals surface area contributed by atoms with Gasteiger partial charge in [0.15, 0.2) is 0 Å². The molecule has 0 aromatic carbocycles. The van der Waals surface area contributed by atoms with Gasteiger partial charge in [-0.15, -0.1) is 0 Å². The number of aliphatic hydroxyl groups is 1. The molecule has 0 bridgehead atoms. The first kappa shape index (κ1) is 12.4. The van der Waals surface area contributed by atoms with Gasteiger partial charge in [0.1, 0.15) is 0 Å². The second-order valence-electron chi connectivity index (χ2n) is 5.84. The molecule has 0 amide bonds. The Labute approximate surface area is 99.4 Å². The molecule has 0 aliphatic heterocycles. The van der Waals surface area contributed by atoms with Gasteiger partial charge in [0, 0.05) is 0 Å². The summed E-state index contributed by atoms with van der Waals surface area (Å²) in [4.78, 5) is 0. The van der Waals surface area contributed by atoms with E-state index < -0.39 is 0 Å². The van der Waals surface area contributed by atoms with Crippen LogP contribution in [0.4, 0.5) is 0 Å². The molecule has 16 heavy (non-hydrogen) atoms. The van der Waals surface area contributed by atoms with Gasteiger partial charge in [-0.2, -0.15) is 0 Å². The van der Waals surface area contributed by atoms with Crippen LogP contribution in [0.1, 0.15) is 58.3 Å². The third-order valence-corrected chi connectivity index (χ3v) is 4.33. The topological polar surface area (TPSA) is 29.5 Å². The van der Waals surface area contributed by atoms with E-state index in [9.17, 15) is 5.11 Å². The second-order valence-corrected chi connectivity index (χ2v) is 5.84. The molecule has 2 fully saturated rings. The maximum absolute atomic E-state index is 10.0. The van der Waals surface area contributed by atoms with Crippen LogP contribution in [0.5, 0.6) is 0 Å². The Morgan fingerprint density at radius 3 is 2.56 bits per heavy atom. The first-order valence-electron chi connectivity index (χ1n) is 7.05. The van der Waals surface area contributed by atoms with Crippen molar-refractivity contribution in [3.8, 4) is 0 Å². The molecule has 0 saturated heterocycles. The van der Waals surface area contributed by atoms with Gasteiger partial charge in [-0.05, 0) is 37.5 Å². The Morgan fingerprint density at radius 1 is 1.12 bits per heavy atom. The van der Waals surface area contributed by atoms with Gasteiger partial charge >= 0.3 is 0 Å². The maximum atomic E-state index is 10.0. The summed E-state index contributed by atoms with van der Waals surface area (Å²) in [6.07, 6.45) is 10.2. The van der Waals surface area contributed by atoms with E-state index in [1.165, 1.54) is 51.4 Å². The van der Waals surface area contributed by atoms with Crippen molar-refractivity contribution < 1.29 is 9.84 Å². The molecular formula is C14H26O2. The lowest BCUT2D eigenvalue weighted by molar-refractivity contribution is -0.0477. The lowest BCUT2D eigenvalue weighted by atomic mass is 9.88. The number of hydrogen-bond donors (Lipinski definition) is 1. The zero-order valence-corrected chi connectivity index (χ0v) is 10.5. The number of hydrogen-bond acceptors (Lipinski definition) is 2. The molecule has 2 rings (SSSR count). The minimum absolute atomic E-state index is 0.209. The molecule has 94 valence electrons. The van der Waals surface area contributed by atoms with Gasteiger partial charge < -0.3 is 9.84 Å². The van der Waals surface area contributed by atoms with Crippen LogP contribution in [0, 0.1) is 11.8 Å². The van der Waals surface area contributed by atoms with Crippen molar-refractivity contribution in [2.45, 2.75) is 70.5 Å². The van der Waals surface area contributed by atoms with Crippen LogP contribution in [-0.4, -0.2) is 23.9 Å². The highest BCUT2D eigenvalue weighted by Crippen LogP contribution is 2.29. The Balaban J connectivity index is 1.65. The van der Waals surface area contributed by atoms with Crippen LogP contribution in [0.2, 0.25) is 0 Å². The average molecular weight is 226 g/mol. The van der Waals surface area contributed by atoms with Gasteiger partial charge in [-0.3, -0.25) is 0 Å². The molecule has 0 heterocycles. The van der Waals surface area contributed by atoms with Crippen LogP contribution >= 0.6 is 0 Å². The summed E-state index contributed by atoms with van der Waals surface area (Å²) < 4.78 is 5.88. The molecule has 0 aromatic heterocycles. The monoisotopic (exact) mass is 226 g/mol. The van der Waals surface area contributed by atoms with Gasteiger partial charge in [0.25, 0.3) is 0 Å². The summed E-state index contributed by atoms with van der Waals surface area (Å²) in [5.74, 6) is 1.32. The largest absolute Gasteiger partial charge is 0.390 e. The van der Waals surface area contributed by atoms with Crippen molar-refractivity contribution in [3.63, 3.8) is 0 Å². The Morgan fingerprint density at radius 2 is 1.88 bits per heavy atom. The normalized spacial score (nSPS) is 34.1. The quantitative estimate of drug-likeness (QED) is 0.798. The second kappa shape index (κ2) is 6.02. The Kier molecular flexibility index (Phi) is 4.66. The van der Waals surface area contributed by atoms with E-state index in [2.05, 4.69) is 6.92 Å². The van der Waals surface area contributed by atoms with Crippen LogP contribution in [-0.2, 0) is 4.74 Å². The average Bonchev–Trinajstić information content (AvgIpc) is 2.79. The molecule has 2 nitrogen and oxygen atoms in total. The smallest absolute Gasteiger partial charge is 0.0801 e. The summed E-state index contributed by atoms with van der Waals surface area (Å²) >= 11 is 0. The molecule has 1 N–H and O–H groups in total. The predicted octanol–water partition coefficient (Wildman–Crippen LogP) is 3.13. The summed E-state index contributed by atoms with van der Waals surface area (Å²) in [7, 11) is 0. The van der Waals surface area contributed by atoms with Gasteiger partial charge in [0.2, 0.25) is 0 Å². The first-order chi connectivity index (χ1) is 7.75. The zero-order chi connectivity index (χ0) is 11.4. The number of rotatable bonds is 4. The van der Waals surface area contributed by atoms with Crippen molar-refractivity contribution in [2.24, 2.45) is 11.8 Å². The van der Waals surface area contributed by atoms with Crippen LogP contribution in [0.3, 0.4) is 0 Å². The summed E-state index contributed by atoms with van der Waals surface area (Å²) in [6, 6.07) is 0. The summed E-state index contributed by atoms with van der Waals surface area (Å²) in [6.45, 7) is 2.88. The SMILES string of the molecule is CC1CCCC(OCC(O)C2CCCC2)C1. The fraction of sp³-hybridized carbons (Fsp3) is 1.00. The van der Waals surface area contributed by atoms with E-state index >= 15 is 0 Å². The molecule has 3 atom stereocenters. The highest BCUT2D eigenvalue weighted by molar-refractivity contribution is 4.76. The zero-order valence-electron chi connectivity index (χ0n) is 10.5. The van der Waals surface area contributed by atoms with E-state index in [1.807, 2.05) is 0 Å². The van der Waals surface area contributed by atoms with Crippen molar-refractivity contribution in [2.75, 3.05) is 6.61 Å². The minimum atomic E-state index is -0.209. The van der Waals surface area contributed by atoms with E-state index in [0.29, 0.717) is 18.6 Å². The summed E-state index contributed by atoms with van der Waals surface area (Å²) in [5.41, 5.74) is 0. The highest BCUT2D eigenvalue weighted by Gasteiger charge is 2.25. The molecule has 0 radical (unpaired) electrons. The number of ether oxygens (including phenoxy) is 1. The summed E-state index contributed by atoms with van der Waals surface area (Å²) in [5, 5.41) is 10.0. The van der Waals surface area contributed by atoms with Crippen LogP contribution < -0.4 is 0 Å². The molecular weight excluding hydrogens is 200 g/mol. The van der Waals surface area contributed by atoms with Crippen molar-refractivity contribution in [1.29, 1.82) is 0 Å². The van der Waals surface area contributed by atoms with Crippen LogP contribution in [0.25, 0.3) is 0 Å². The van der Waals surface area contributed by atoms with E-state index in [-0.39, 0.29) is 6.10 Å². The van der Waals surface area contributed by atoms with Crippen LogP contribution in [0.15, 0.2) is 0 Å². The van der Waals surface area contributed by atoms with E-state index in [0.717, 1.165) is 5.92 Å². The highest BCUT2D eigenvalue weighted by atomic mass is 16.5. The third kappa shape index (κ3) is 3.46. The van der Waals surface area contributed by atoms with Gasteiger partial charge in [-0.1, -0.05) is 32.6 Å². The van der Waals surface area contributed by atoms with Crippen molar-refractivity contribution >= 4 is 0 Å². The van der Waals surface area contributed by atoms with Crippen molar-refractivity contribution in [1.82, 2.24) is 0 Å². The lowest BCUT2D eigenvalue weighted by Crippen LogP contribution is -2.29. The fourth-order valence-electron chi connectivity index (χ4n) is 3.24. The Hall–Kier alpha value is -0.0800. The van der Waals surface area contributed by atoms with Crippen molar-refractivity contribution in [3.05, 3.63) is 0 Å². The van der Waals surface area contributed by atoms with Gasteiger partial charge in [-0.25, -0.2) is 0 Å². The minimum Gasteiger partial charge on any atom is -0.390 e. The molecule has 2 aliphatic carbocycles. The third-order valence-electron chi connectivity index (χ3n) is 4.33. The van der Waals surface area contributed by atoms with Gasteiger partial charge in [0.05, 0.1) is 18.8 Å². The first-order valence-corrected chi connectivity index (χ1v) is 7.05. The standard InChI is InChI=1S/C14H26O2/c1-11-5-4-8-13(9-11)16-10-14(15)12-6-2-3-7-12/h11-15H,2-10H2,1H3. The molecule has 0 spiro atoms. The molecule has 3 unspecified atom stereocenters. The van der Waals surface area contributed by atoms with E-state index in [1.54, 1.807) is 0 Å². The lowest BCUT2D eigenvalue weighted by Gasteiger charge is -2.28. The molecule has 0 aromatic rings. The molecule has 2 aliphatic rings. The number of aliphatic hydroxyl groups excluding tert-OH is 1. The Bertz CT molecular complexity index is 197. The van der Waals surface area contributed by atoms with E-state index in [4.69, 9.17) is 4.74 Å². The maximum Gasteiger partial charge on any atom is 0.0801 e. The fourth-order valence-corrected chi connectivity index (χ4v) is 3.24. The predicted molar refractivity (Wildman–Crippen MR) is 65.3 cm³/mol. The molecule has 2 heteroatoms. The molecule has 2 saturated carbocycles.